The molecule has 0 radical (unpaired) electrons. The van der Waals surface area contributed by atoms with Gasteiger partial charge in [0.25, 0.3) is 5.91 Å². The summed E-state index contributed by atoms with van der Waals surface area (Å²) in [6.45, 7) is 7.51. The van der Waals surface area contributed by atoms with Gasteiger partial charge in [0.2, 0.25) is 5.76 Å². The minimum absolute atomic E-state index is 0.0400. The Morgan fingerprint density at radius 2 is 2.05 bits per heavy atom. The van der Waals surface area contributed by atoms with E-state index in [2.05, 4.69) is 10.5 Å². The van der Waals surface area contributed by atoms with Gasteiger partial charge in [0.15, 0.2) is 0 Å². The van der Waals surface area contributed by atoms with E-state index in [-0.39, 0.29) is 17.6 Å². The third-order valence-electron chi connectivity index (χ3n) is 3.11. The first-order valence-corrected chi connectivity index (χ1v) is 6.37. The molecule has 1 heterocycles. The summed E-state index contributed by atoms with van der Waals surface area (Å²) < 4.78 is 4.93. The van der Waals surface area contributed by atoms with Crippen molar-refractivity contribution in [1.29, 1.82) is 0 Å². The van der Waals surface area contributed by atoms with Crippen molar-refractivity contribution in [2.75, 3.05) is 0 Å². The number of aliphatic carboxylic acids is 1. The van der Waals surface area contributed by atoms with E-state index in [0.29, 0.717) is 12.1 Å². The number of amides is 1. The maximum absolute atomic E-state index is 11.9. The highest BCUT2D eigenvalue weighted by Gasteiger charge is 2.27. The number of carboxylic acid groups (broad SMARTS) is 1. The monoisotopic (exact) mass is 268 g/mol. The van der Waals surface area contributed by atoms with Crippen LogP contribution >= 0.6 is 0 Å². The lowest BCUT2D eigenvalue weighted by Gasteiger charge is -2.19. The van der Waals surface area contributed by atoms with E-state index in [1.165, 1.54) is 6.07 Å². The number of nitrogens with one attached hydrogen (secondary N) is 1. The zero-order valence-electron chi connectivity index (χ0n) is 11.6. The Kier molecular flexibility index (Phi) is 5.09. The van der Waals surface area contributed by atoms with Crippen molar-refractivity contribution in [1.82, 2.24) is 10.5 Å². The van der Waals surface area contributed by atoms with Gasteiger partial charge in [0.05, 0.1) is 5.69 Å². The summed E-state index contributed by atoms with van der Waals surface area (Å²) in [7, 11) is 0. The molecule has 0 aliphatic heterocycles. The first-order chi connectivity index (χ1) is 8.86. The van der Waals surface area contributed by atoms with Crippen molar-refractivity contribution < 1.29 is 19.2 Å². The fourth-order valence-electron chi connectivity index (χ4n) is 1.56. The van der Waals surface area contributed by atoms with E-state index in [1.807, 2.05) is 20.8 Å². The lowest BCUT2D eigenvalue weighted by molar-refractivity contribution is -0.140. The van der Waals surface area contributed by atoms with Crippen molar-refractivity contribution >= 4 is 11.9 Å². The van der Waals surface area contributed by atoms with Crippen molar-refractivity contribution in [3.8, 4) is 0 Å². The number of hydrogen-bond donors (Lipinski definition) is 2. The summed E-state index contributed by atoms with van der Waals surface area (Å²) in [6.07, 6.45) is 0.658. The van der Waals surface area contributed by atoms with Crippen LogP contribution in [0.3, 0.4) is 0 Å². The smallest absolute Gasteiger partial charge is 0.326 e. The fraction of sp³-hybridized carbons (Fsp3) is 0.615. The minimum Gasteiger partial charge on any atom is -0.480 e. The van der Waals surface area contributed by atoms with Crippen LogP contribution in [-0.2, 0) is 4.79 Å². The van der Waals surface area contributed by atoms with Gasteiger partial charge >= 0.3 is 5.97 Å². The molecular weight excluding hydrogens is 248 g/mol. The predicted molar refractivity (Wildman–Crippen MR) is 68.9 cm³/mol. The molecule has 0 aliphatic carbocycles. The van der Waals surface area contributed by atoms with Crippen LogP contribution in [0.2, 0.25) is 0 Å². The highest BCUT2D eigenvalue weighted by atomic mass is 16.5. The van der Waals surface area contributed by atoms with Crippen molar-refractivity contribution in [3.63, 3.8) is 0 Å². The van der Waals surface area contributed by atoms with Crippen molar-refractivity contribution in [2.45, 2.75) is 46.1 Å². The molecule has 19 heavy (non-hydrogen) atoms. The number of aromatic nitrogens is 1. The Bertz CT molecular complexity index is 453. The Balaban J connectivity index is 2.79. The van der Waals surface area contributed by atoms with Gasteiger partial charge in [-0.1, -0.05) is 39.3 Å². The topological polar surface area (TPSA) is 92.4 Å². The van der Waals surface area contributed by atoms with Crippen LogP contribution in [0.1, 0.15) is 56.3 Å². The summed E-state index contributed by atoms with van der Waals surface area (Å²) in [4.78, 5) is 23.0. The normalized spacial score (nSPS) is 14.2. The van der Waals surface area contributed by atoms with Gasteiger partial charge in [0, 0.05) is 6.07 Å². The Hall–Kier alpha value is -1.85. The zero-order chi connectivity index (χ0) is 14.6. The van der Waals surface area contributed by atoms with E-state index in [0.717, 1.165) is 0 Å². The van der Waals surface area contributed by atoms with Crippen LogP contribution in [0.4, 0.5) is 0 Å². The minimum atomic E-state index is -1.05. The fourth-order valence-corrected chi connectivity index (χ4v) is 1.56. The van der Waals surface area contributed by atoms with Crippen LogP contribution in [0.25, 0.3) is 0 Å². The second-order valence-electron chi connectivity index (χ2n) is 4.95. The molecule has 0 spiro atoms. The Morgan fingerprint density at radius 1 is 1.42 bits per heavy atom. The summed E-state index contributed by atoms with van der Waals surface area (Å²) in [5.74, 6) is -1.57. The van der Waals surface area contributed by atoms with Crippen LogP contribution in [0.5, 0.6) is 0 Å². The second-order valence-corrected chi connectivity index (χ2v) is 4.95. The average Bonchev–Trinajstić information content (AvgIpc) is 2.84. The zero-order valence-corrected chi connectivity index (χ0v) is 11.6. The lowest BCUT2D eigenvalue weighted by Crippen LogP contribution is -2.44. The highest BCUT2D eigenvalue weighted by Crippen LogP contribution is 2.15. The molecule has 2 atom stereocenters. The molecule has 1 rings (SSSR count). The molecule has 0 bridgehead atoms. The first-order valence-electron chi connectivity index (χ1n) is 6.37. The largest absolute Gasteiger partial charge is 0.480 e. The third-order valence-corrected chi connectivity index (χ3v) is 3.11. The first kappa shape index (κ1) is 15.2. The Labute approximate surface area is 112 Å². The van der Waals surface area contributed by atoms with Gasteiger partial charge in [-0.25, -0.2) is 4.79 Å². The van der Waals surface area contributed by atoms with Crippen molar-refractivity contribution in [3.05, 3.63) is 17.5 Å². The van der Waals surface area contributed by atoms with E-state index >= 15 is 0 Å². The molecule has 1 aromatic rings. The van der Waals surface area contributed by atoms with E-state index in [4.69, 9.17) is 9.63 Å². The van der Waals surface area contributed by atoms with E-state index in [1.54, 1.807) is 6.92 Å². The van der Waals surface area contributed by atoms with Crippen LogP contribution in [0, 0.1) is 5.92 Å². The van der Waals surface area contributed by atoms with E-state index in [9.17, 15) is 9.59 Å². The van der Waals surface area contributed by atoms with Gasteiger partial charge in [-0.15, -0.1) is 0 Å². The molecule has 0 aromatic carbocycles. The molecule has 2 N–H and O–H groups in total. The van der Waals surface area contributed by atoms with Crippen LogP contribution < -0.4 is 5.32 Å². The maximum atomic E-state index is 11.9. The molecule has 6 heteroatoms. The number of rotatable bonds is 6. The maximum Gasteiger partial charge on any atom is 0.326 e. The molecule has 106 valence electrons. The second kappa shape index (κ2) is 6.36. The average molecular weight is 268 g/mol. The molecule has 6 nitrogen and oxygen atoms in total. The van der Waals surface area contributed by atoms with Gasteiger partial charge in [-0.3, -0.25) is 4.79 Å². The van der Waals surface area contributed by atoms with Crippen LogP contribution in [-0.4, -0.2) is 28.2 Å². The molecule has 1 amide bonds. The number of carbonyl (C=O) groups excluding carboxylic acids is 1. The standard InChI is InChI=1S/C13H20N2O4/c1-5-8(4)11(13(17)18)14-12(16)10-6-9(7(2)3)15-19-10/h6-8,11H,5H2,1-4H3,(H,14,16)(H,17,18)/t8-,11-/m0/s1. The predicted octanol–water partition coefficient (Wildman–Crippen LogP) is 2.03. The molecular formula is C13H20N2O4. The van der Waals surface area contributed by atoms with Crippen molar-refractivity contribution in [2.24, 2.45) is 5.92 Å². The number of nitrogens with zero attached hydrogens (tertiary/aromatic N) is 1. The number of carbonyl (C=O) groups is 2. The highest BCUT2D eigenvalue weighted by molar-refractivity contribution is 5.94. The Morgan fingerprint density at radius 3 is 2.47 bits per heavy atom. The van der Waals surface area contributed by atoms with E-state index < -0.39 is 17.9 Å². The molecule has 0 saturated carbocycles. The molecule has 0 unspecified atom stereocenters. The van der Waals surface area contributed by atoms with Gasteiger partial charge in [0.1, 0.15) is 6.04 Å². The molecule has 0 saturated heterocycles. The molecule has 0 aliphatic rings. The summed E-state index contributed by atoms with van der Waals surface area (Å²) in [6, 6.07) is 0.611. The number of carboxylic acids is 1. The third kappa shape index (κ3) is 3.81. The SMILES string of the molecule is CC[C@H](C)[C@H](NC(=O)c1cc(C(C)C)no1)C(=O)O. The summed E-state index contributed by atoms with van der Waals surface area (Å²) >= 11 is 0. The van der Waals surface area contributed by atoms with Crippen LogP contribution in [0.15, 0.2) is 10.6 Å². The summed E-state index contributed by atoms with van der Waals surface area (Å²) in [5.41, 5.74) is 0.667. The molecule has 1 aromatic heterocycles. The van der Waals surface area contributed by atoms with Gasteiger partial charge in [-0.05, 0) is 11.8 Å². The number of hydrogen-bond acceptors (Lipinski definition) is 4. The van der Waals surface area contributed by atoms with Gasteiger partial charge < -0.3 is 14.9 Å². The lowest BCUT2D eigenvalue weighted by atomic mass is 9.99. The molecule has 0 fully saturated rings. The quantitative estimate of drug-likeness (QED) is 0.823. The van der Waals surface area contributed by atoms with Gasteiger partial charge in [-0.2, -0.15) is 0 Å². The summed E-state index contributed by atoms with van der Waals surface area (Å²) in [5, 5.41) is 15.3.